The molecule has 0 aliphatic carbocycles. The number of nitrogens with zero attached hydrogens (tertiary/aromatic N) is 3. The summed E-state index contributed by atoms with van der Waals surface area (Å²) in [6.45, 7) is 1.89. The quantitative estimate of drug-likeness (QED) is 0.237. The van der Waals surface area contributed by atoms with Crippen molar-refractivity contribution in [2.45, 2.75) is 19.4 Å². The molecule has 4 heterocycles. The van der Waals surface area contributed by atoms with Crippen LogP contribution in [0.4, 0.5) is 5.69 Å². The fourth-order valence-corrected chi connectivity index (χ4v) is 4.73. The van der Waals surface area contributed by atoms with E-state index >= 15 is 0 Å². The van der Waals surface area contributed by atoms with Gasteiger partial charge in [-0.2, -0.15) is 0 Å². The highest BCUT2D eigenvalue weighted by Crippen LogP contribution is 2.28. The SMILES string of the molecule is Cc1cc(-n2ccnc2)cc2[nH]c(-c3c(N[C@H](CO)Cc4c[nH]c5ccccc45)cc[nH]c3=O)nc12. The highest BCUT2D eigenvalue weighted by molar-refractivity contribution is 5.86. The maximum atomic E-state index is 13.0. The van der Waals surface area contributed by atoms with Crippen molar-refractivity contribution in [1.82, 2.24) is 29.5 Å². The average Bonchev–Trinajstić information content (AvgIpc) is 3.64. The van der Waals surface area contributed by atoms with E-state index < -0.39 is 0 Å². The minimum Gasteiger partial charge on any atom is -0.394 e. The number of aromatic nitrogens is 6. The predicted molar refractivity (Wildman–Crippen MR) is 141 cm³/mol. The first-order chi connectivity index (χ1) is 17.6. The van der Waals surface area contributed by atoms with Crippen molar-refractivity contribution >= 4 is 27.6 Å². The van der Waals surface area contributed by atoms with Gasteiger partial charge < -0.3 is 29.9 Å². The van der Waals surface area contributed by atoms with Crippen molar-refractivity contribution < 1.29 is 5.11 Å². The topological polar surface area (TPSA) is 127 Å². The second-order valence-corrected chi connectivity index (χ2v) is 8.90. The van der Waals surface area contributed by atoms with Gasteiger partial charge in [0.1, 0.15) is 11.4 Å². The molecule has 5 N–H and O–H groups in total. The summed E-state index contributed by atoms with van der Waals surface area (Å²) in [5.74, 6) is 0.462. The van der Waals surface area contributed by atoms with Gasteiger partial charge in [0.25, 0.3) is 5.56 Å². The molecule has 4 aromatic heterocycles. The standard InChI is InChI=1S/C27H25N7O2/c1-16-10-19(34-9-8-28-15-34)12-23-25(16)33-26(32-23)24-22(6-7-29-27(24)36)31-18(14-35)11-17-13-30-21-5-3-2-4-20(17)21/h2-10,12-13,15,18,30,35H,11,14H2,1H3,(H,32,33)(H2,29,31,36)/t18-/m0/s1. The van der Waals surface area contributed by atoms with Gasteiger partial charge in [0, 0.05) is 41.4 Å². The van der Waals surface area contributed by atoms with Gasteiger partial charge in [-0.05, 0) is 48.7 Å². The summed E-state index contributed by atoms with van der Waals surface area (Å²) >= 11 is 0. The molecule has 0 saturated heterocycles. The largest absolute Gasteiger partial charge is 0.394 e. The lowest BCUT2D eigenvalue weighted by atomic mass is 10.0. The van der Waals surface area contributed by atoms with Crippen molar-refractivity contribution in [3.63, 3.8) is 0 Å². The number of pyridine rings is 1. The molecule has 1 atom stereocenters. The lowest BCUT2D eigenvalue weighted by molar-refractivity contribution is 0.274. The summed E-state index contributed by atoms with van der Waals surface area (Å²) in [4.78, 5) is 31.2. The minimum atomic E-state index is -0.302. The fourth-order valence-electron chi connectivity index (χ4n) is 4.73. The lowest BCUT2D eigenvalue weighted by Crippen LogP contribution is -2.28. The summed E-state index contributed by atoms with van der Waals surface area (Å²) in [5.41, 5.74) is 6.42. The summed E-state index contributed by atoms with van der Waals surface area (Å²) in [5, 5.41) is 14.7. The number of H-pyrrole nitrogens is 3. The molecule has 9 heteroatoms. The van der Waals surface area contributed by atoms with Crippen LogP contribution in [0.1, 0.15) is 11.1 Å². The highest BCUT2D eigenvalue weighted by atomic mass is 16.3. The van der Waals surface area contributed by atoms with Gasteiger partial charge in [-0.3, -0.25) is 4.79 Å². The van der Waals surface area contributed by atoms with Crippen LogP contribution in [0.2, 0.25) is 0 Å². The third-order valence-electron chi connectivity index (χ3n) is 6.48. The Morgan fingerprint density at radius 2 is 2.03 bits per heavy atom. The van der Waals surface area contributed by atoms with Gasteiger partial charge in [-0.15, -0.1) is 0 Å². The number of aliphatic hydroxyl groups excluding tert-OH is 1. The third-order valence-corrected chi connectivity index (χ3v) is 6.48. The zero-order valence-corrected chi connectivity index (χ0v) is 19.6. The number of aliphatic hydroxyl groups is 1. The monoisotopic (exact) mass is 479 g/mol. The van der Waals surface area contributed by atoms with Crippen LogP contribution in [0, 0.1) is 6.92 Å². The van der Waals surface area contributed by atoms with Crippen LogP contribution in [-0.4, -0.2) is 47.2 Å². The molecule has 6 aromatic rings. The Morgan fingerprint density at radius 3 is 2.86 bits per heavy atom. The molecule has 0 aliphatic rings. The Kier molecular flexibility index (Phi) is 5.38. The van der Waals surface area contributed by atoms with E-state index in [0.29, 0.717) is 23.5 Å². The summed E-state index contributed by atoms with van der Waals surface area (Å²) < 4.78 is 1.92. The summed E-state index contributed by atoms with van der Waals surface area (Å²) in [6, 6.07) is 13.6. The zero-order chi connectivity index (χ0) is 24.6. The van der Waals surface area contributed by atoms with Crippen LogP contribution >= 0.6 is 0 Å². The maximum Gasteiger partial charge on any atom is 0.261 e. The van der Waals surface area contributed by atoms with E-state index in [9.17, 15) is 9.90 Å². The third kappa shape index (κ3) is 3.85. The van der Waals surface area contributed by atoms with E-state index in [0.717, 1.165) is 38.8 Å². The van der Waals surface area contributed by atoms with Crippen molar-refractivity contribution in [3.05, 3.63) is 95.1 Å². The number of rotatable bonds is 7. The van der Waals surface area contributed by atoms with Crippen LogP contribution in [0.3, 0.4) is 0 Å². The molecule has 0 spiro atoms. The van der Waals surface area contributed by atoms with Crippen LogP contribution < -0.4 is 10.9 Å². The van der Waals surface area contributed by atoms with E-state index in [1.165, 1.54) is 0 Å². The molecule has 0 bridgehead atoms. The number of imidazole rings is 2. The zero-order valence-electron chi connectivity index (χ0n) is 19.6. The number of para-hydroxylation sites is 1. The van der Waals surface area contributed by atoms with Gasteiger partial charge in [0.2, 0.25) is 0 Å². The molecule has 2 aromatic carbocycles. The lowest BCUT2D eigenvalue weighted by Gasteiger charge is -2.19. The van der Waals surface area contributed by atoms with Gasteiger partial charge >= 0.3 is 0 Å². The van der Waals surface area contributed by atoms with E-state index in [1.54, 1.807) is 24.8 Å². The number of anilines is 1. The molecule has 0 saturated carbocycles. The molecule has 0 radical (unpaired) electrons. The van der Waals surface area contributed by atoms with Crippen LogP contribution in [0.5, 0.6) is 0 Å². The number of fused-ring (bicyclic) bond motifs is 2. The molecule has 6 rings (SSSR count). The molecule has 0 unspecified atom stereocenters. The van der Waals surface area contributed by atoms with Gasteiger partial charge in [-0.25, -0.2) is 9.97 Å². The van der Waals surface area contributed by atoms with Crippen LogP contribution in [0.25, 0.3) is 39.0 Å². The first-order valence-corrected chi connectivity index (χ1v) is 11.7. The molecule has 0 aliphatic heterocycles. The molecular formula is C27H25N7O2. The van der Waals surface area contributed by atoms with Crippen molar-refractivity contribution in [1.29, 1.82) is 0 Å². The highest BCUT2D eigenvalue weighted by Gasteiger charge is 2.19. The molecule has 0 amide bonds. The second kappa shape index (κ2) is 8.86. The number of hydrogen-bond donors (Lipinski definition) is 5. The van der Waals surface area contributed by atoms with Crippen molar-refractivity contribution in [2.24, 2.45) is 0 Å². The van der Waals surface area contributed by atoms with Crippen LogP contribution in [-0.2, 0) is 6.42 Å². The first-order valence-electron chi connectivity index (χ1n) is 11.7. The van der Waals surface area contributed by atoms with Crippen molar-refractivity contribution in [3.8, 4) is 17.1 Å². The number of aryl methyl sites for hydroxylation is 1. The molecule has 36 heavy (non-hydrogen) atoms. The van der Waals surface area contributed by atoms with E-state index in [-0.39, 0.29) is 18.2 Å². The Morgan fingerprint density at radius 1 is 1.14 bits per heavy atom. The number of aromatic amines is 3. The Bertz CT molecular complexity index is 1730. The first kappa shape index (κ1) is 21.9. The second-order valence-electron chi connectivity index (χ2n) is 8.90. The molecule has 180 valence electrons. The summed E-state index contributed by atoms with van der Waals surface area (Å²) in [6.07, 6.45) is 9.50. The maximum absolute atomic E-state index is 13.0. The van der Waals surface area contributed by atoms with E-state index in [4.69, 9.17) is 4.98 Å². The predicted octanol–water partition coefficient (Wildman–Crippen LogP) is 3.91. The molecule has 0 fully saturated rings. The van der Waals surface area contributed by atoms with E-state index in [1.807, 2.05) is 54.2 Å². The Labute approximate surface area is 205 Å². The fraction of sp³-hybridized carbons (Fsp3) is 0.148. The normalized spacial score (nSPS) is 12.4. The minimum absolute atomic E-state index is 0.0980. The smallest absolute Gasteiger partial charge is 0.261 e. The Hall–Kier alpha value is -4.63. The van der Waals surface area contributed by atoms with Gasteiger partial charge in [-0.1, -0.05) is 18.2 Å². The number of nitrogens with one attached hydrogen (secondary N) is 4. The van der Waals surface area contributed by atoms with E-state index in [2.05, 4.69) is 31.3 Å². The Balaban J connectivity index is 1.36. The van der Waals surface area contributed by atoms with Crippen LogP contribution in [0.15, 0.2) is 78.4 Å². The van der Waals surface area contributed by atoms with Crippen molar-refractivity contribution in [2.75, 3.05) is 11.9 Å². The average molecular weight is 480 g/mol. The summed E-state index contributed by atoms with van der Waals surface area (Å²) in [7, 11) is 0. The molecular weight excluding hydrogens is 454 g/mol. The van der Waals surface area contributed by atoms with Gasteiger partial charge in [0.05, 0.1) is 35.7 Å². The van der Waals surface area contributed by atoms with Gasteiger partial charge in [0.15, 0.2) is 0 Å². The molecule has 9 nitrogen and oxygen atoms in total. The number of benzene rings is 2. The number of hydrogen-bond acceptors (Lipinski definition) is 5.